The molecule has 15 heavy (non-hydrogen) atoms. The quantitative estimate of drug-likeness (QED) is 0.432. The molecule has 2 nitrogen and oxygen atoms in total. The number of allylic oxidation sites excluding steroid dienone is 1. The smallest absolute Gasteiger partial charge is 0.207 e. The average molecular weight is 211 g/mol. The first-order chi connectivity index (χ1) is 7.33. The standard InChI is InChI=1S/C8H11NO.C3H8.C2H6/c1-2-3-4-5-6-7-9-8-10;1-3-2;1-2/h2,8H,1,5-7H2,(H,9,10);3H2,1-2H3;1-2H3. The topological polar surface area (TPSA) is 29.1 Å². The van der Waals surface area contributed by atoms with Crippen LogP contribution in [-0.2, 0) is 4.79 Å². The molecule has 2 heteroatoms. The maximum Gasteiger partial charge on any atom is 0.207 e. The summed E-state index contributed by atoms with van der Waals surface area (Å²) in [5, 5.41) is 2.55. The van der Waals surface area contributed by atoms with E-state index in [1.54, 1.807) is 6.08 Å². The van der Waals surface area contributed by atoms with Gasteiger partial charge in [0.1, 0.15) is 0 Å². The molecular weight excluding hydrogens is 186 g/mol. The summed E-state index contributed by atoms with van der Waals surface area (Å²) in [5.74, 6) is 5.59. The molecule has 0 aromatic carbocycles. The molecule has 1 N–H and O–H groups in total. The van der Waals surface area contributed by atoms with Crippen LogP contribution in [0.5, 0.6) is 0 Å². The monoisotopic (exact) mass is 211 g/mol. The lowest BCUT2D eigenvalue weighted by Gasteiger charge is -1.91. The number of hydrogen-bond acceptors (Lipinski definition) is 1. The first-order valence-corrected chi connectivity index (χ1v) is 5.59. The van der Waals surface area contributed by atoms with Crippen molar-refractivity contribution in [1.82, 2.24) is 5.32 Å². The van der Waals surface area contributed by atoms with Crippen molar-refractivity contribution in [2.45, 2.75) is 47.0 Å². The fourth-order valence-corrected chi connectivity index (χ4v) is 0.482. The third kappa shape index (κ3) is 44.5. The maximum absolute atomic E-state index is 9.73. The van der Waals surface area contributed by atoms with E-state index in [0.29, 0.717) is 13.0 Å². The fraction of sp³-hybridized carbons (Fsp3) is 0.615. The van der Waals surface area contributed by atoms with Crippen molar-refractivity contribution in [3.05, 3.63) is 12.7 Å². The molecule has 0 atom stereocenters. The minimum absolute atomic E-state index is 0.695. The van der Waals surface area contributed by atoms with Crippen LogP contribution in [0, 0.1) is 11.8 Å². The van der Waals surface area contributed by atoms with Gasteiger partial charge in [0.25, 0.3) is 0 Å². The van der Waals surface area contributed by atoms with Gasteiger partial charge in [-0.2, -0.15) is 0 Å². The van der Waals surface area contributed by atoms with E-state index in [2.05, 4.69) is 37.6 Å². The minimum atomic E-state index is 0.695. The van der Waals surface area contributed by atoms with E-state index in [0.717, 1.165) is 12.8 Å². The Balaban J connectivity index is -0.000000245. The summed E-state index contributed by atoms with van der Waals surface area (Å²) in [6.45, 7) is 12.4. The molecule has 0 aromatic rings. The van der Waals surface area contributed by atoms with Crippen LogP contribution in [0.3, 0.4) is 0 Å². The zero-order valence-corrected chi connectivity index (χ0v) is 10.6. The number of carbonyl (C=O) groups is 1. The average Bonchev–Trinajstić information content (AvgIpc) is 2.27. The van der Waals surface area contributed by atoms with Gasteiger partial charge >= 0.3 is 0 Å². The van der Waals surface area contributed by atoms with Gasteiger partial charge < -0.3 is 5.32 Å². The summed E-state index contributed by atoms with van der Waals surface area (Å²) in [5.41, 5.74) is 0. The first-order valence-electron chi connectivity index (χ1n) is 5.59. The molecule has 0 saturated carbocycles. The Morgan fingerprint density at radius 2 is 1.87 bits per heavy atom. The van der Waals surface area contributed by atoms with Crippen molar-refractivity contribution in [1.29, 1.82) is 0 Å². The Hall–Kier alpha value is -1.23. The van der Waals surface area contributed by atoms with Crippen molar-refractivity contribution in [2.24, 2.45) is 0 Å². The van der Waals surface area contributed by atoms with Gasteiger partial charge in [-0.05, 0) is 12.5 Å². The van der Waals surface area contributed by atoms with E-state index in [1.165, 1.54) is 6.42 Å². The third-order valence-electron chi connectivity index (χ3n) is 0.910. The van der Waals surface area contributed by atoms with E-state index in [9.17, 15) is 4.79 Å². The summed E-state index contributed by atoms with van der Waals surface area (Å²) in [6.07, 6.45) is 5.22. The molecule has 0 aromatic heterocycles. The summed E-state index contributed by atoms with van der Waals surface area (Å²) in [6, 6.07) is 0. The molecular formula is C13H25NO. The number of amides is 1. The van der Waals surface area contributed by atoms with Crippen molar-refractivity contribution >= 4 is 6.41 Å². The Kier molecular flexibility index (Phi) is 37.8. The van der Waals surface area contributed by atoms with Crippen molar-refractivity contribution in [3.63, 3.8) is 0 Å². The third-order valence-corrected chi connectivity index (χ3v) is 0.910. The Labute approximate surface area is 95.2 Å². The van der Waals surface area contributed by atoms with Gasteiger partial charge in [0.2, 0.25) is 6.41 Å². The van der Waals surface area contributed by atoms with Gasteiger partial charge in [0.05, 0.1) is 0 Å². The second kappa shape index (κ2) is 29.3. The Bertz CT molecular complexity index is 165. The van der Waals surface area contributed by atoms with Crippen molar-refractivity contribution in [3.8, 4) is 11.8 Å². The molecule has 0 aliphatic heterocycles. The second-order valence-corrected chi connectivity index (χ2v) is 2.41. The number of carbonyl (C=O) groups excluding carboxylic acids is 1. The molecule has 0 aliphatic carbocycles. The normalized spacial score (nSPS) is 6.40. The summed E-state index contributed by atoms with van der Waals surface area (Å²) in [7, 11) is 0. The van der Waals surface area contributed by atoms with Gasteiger partial charge in [-0.15, -0.1) is 0 Å². The fourth-order valence-electron chi connectivity index (χ4n) is 0.482. The summed E-state index contributed by atoms with van der Waals surface area (Å²) < 4.78 is 0. The van der Waals surface area contributed by atoms with E-state index in [4.69, 9.17) is 0 Å². The van der Waals surface area contributed by atoms with E-state index >= 15 is 0 Å². The highest BCUT2D eigenvalue weighted by Crippen LogP contribution is 1.81. The van der Waals surface area contributed by atoms with Crippen LogP contribution in [0.15, 0.2) is 12.7 Å². The molecule has 0 rings (SSSR count). The zero-order valence-electron chi connectivity index (χ0n) is 10.6. The Morgan fingerprint density at radius 1 is 1.33 bits per heavy atom. The molecule has 0 radical (unpaired) electrons. The van der Waals surface area contributed by atoms with Crippen LogP contribution >= 0.6 is 0 Å². The minimum Gasteiger partial charge on any atom is -0.359 e. The first kappa shape index (κ1) is 19.4. The van der Waals surface area contributed by atoms with Crippen LogP contribution in [0.2, 0.25) is 0 Å². The molecule has 0 unspecified atom stereocenters. The lowest BCUT2D eigenvalue weighted by Crippen LogP contribution is -2.11. The predicted molar refractivity (Wildman–Crippen MR) is 68.6 cm³/mol. The molecule has 0 fully saturated rings. The molecule has 1 amide bonds. The molecule has 0 bridgehead atoms. The molecule has 0 heterocycles. The lowest BCUT2D eigenvalue weighted by molar-refractivity contribution is -0.109. The highest BCUT2D eigenvalue weighted by atomic mass is 16.1. The Morgan fingerprint density at radius 3 is 2.27 bits per heavy atom. The van der Waals surface area contributed by atoms with Gasteiger partial charge in [0, 0.05) is 13.0 Å². The van der Waals surface area contributed by atoms with Crippen LogP contribution in [0.25, 0.3) is 0 Å². The highest BCUT2D eigenvalue weighted by molar-refractivity contribution is 5.45. The van der Waals surface area contributed by atoms with E-state index in [-0.39, 0.29) is 0 Å². The predicted octanol–water partition coefficient (Wildman–Crippen LogP) is 3.14. The summed E-state index contributed by atoms with van der Waals surface area (Å²) in [4.78, 5) is 9.73. The van der Waals surface area contributed by atoms with Crippen molar-refractivity contribution < 1.29 is 4.79 Å². The largest absolute Gasteiger partial charge is 0.359 e. The van der Waals surface area contributed by atoms with Gasteiger partial charge in [0.15, 0.2) is 0 Å². The van der Waals surface area contributed by atoms with Crippen LogP contribution in [0.1, 0.15) is 47.0 Å². The number of nitrogens with one attached hydrogen (secondary N) is 1. The van der Waals surface area contributed by atoms with Gasteiger partial charge in [-0.1, -0.05) is 52.5 Å². The number of rotatable bonds is 4. The number of unbranched alkanes of at least 4 members (excludes halogenated alkanes) is 1. The van der Waals surface area contributed by atoms with E-state index in [1.807, 2.05) is 13.8 Å². The SMILES string of the molecule is C=CC#CCCCNC=O.CC.CCC. The molecule has 0 spiro atoms. The highest BCUT2D eigenvalue weighted by Gasteiger charge is 1.79. The van der Waals surface area contributed by atoms with Crippen LogP contribution in [0.4, 0.5) is 0 Å². The van der Waals surface area contributed by atoms with Crippen molar-refractivity contribution in [2.75, 3.05) is 6.54 Å². The zero-order chi connectivity index (χ0) is 12.4. The second-order valence-electron chi connectivity index (χ2n) is 2.41. The lowest BCUT2D eigenvalue weighted by atomic mass is 10.3. The van der Waals surface area contributed by atoms with Crippen LogP contribution < -0.4 is 5.32 Å². The molecule has 88 valence electrons. The molecule has 0 aliphatic rings. The van der Waals surface area contributed by atoms with Gasteiger partial charge in [-0.3, -0.25) is 4.79 Å². The van der Waals surface area contributed by atoms with Gasteiger partial charge in [-0.25, -0.2) is 0 Å². The molecule has 0 saturated heterocycles. The maximum atomic E-state index is 9.73. The number of hydrogen-bond donors (Lipinski definition) is 1. The van der Waals surface area contributed by atoms with E-state index < -0.39 is 0 Å². The summed E-state index contributed by atoms with van der Waals surface area (Å²) >= 11 is 0. The van der Waals surface area contributed by atoms with Crippen LogP contribution in [-0.4, -0.2) is 13.0 Å².